The zero-order valence-corrected chi connectivity index (χ0v) is 15.6. The van der Waals surface area contributed by atoms with E-state index in [0.29, 0.717) is 10.9 Å². The molecule has 1 unspecified atom stereocenters. The molecule has 124 valence electrons. The van der Waals surface area contributed by atoms with E-state index in [4.69, 9.17) is 0 Å². The van der Waals surface area contributed by atoms with Crippen LogP contribution in [0.25, 0.3) is 0 Å². The quantitative estimate of drug-likeness (QED) is 0.789. The Balaban J connectivity index is 1.76. The molecule has 2 rings (SSSR count). The van der Waals surface area contributed by atoms with Gasteiger partial charge in [0.25, 0.3) is 0 Å². The van der Waals surface area contributed by atoms with Gasteiger partial charge in [-0.3, -0.25) is 9.80 Å². The maximum absolute atomic E-state index is 2.71. The van der Waals surface area contributed by atoms with E-state index in [0.717, 1.165) is 5.92 Å². The van der Waals surface area contributed by atoms with Gasteiger partial charge in [-0.05, 0) is 59.3 Å². The Bertz CT molecular complexity index is 308. The van der Waals surface area contributed by atoms with Gasteiger partial charge in [-0.2, -0.15) is 0 Å². The van der Waals surface area contributed by atoms with Gasteiger partial charge in [0.05, 0.1) is 5.37 Å². The molecule has 0 spiro atoms. The van der Waals surface area contributed by atoms with Crippen molar-refractivity contribution >= 4 is 11.8 Å². The molecule has 2 fully saturated rings. The number of hydrogen-bond acceptors (Lipinski definition) is 4. The van der Waals surface area contributed by atoms with Gasteiger partial charge in [-0.1, -0.05) is 0 Å². The molecule has 0 radical (unpaired) electrons. The molecule has 0 aromatic rings. The van der Waals surface area contributed by atoms with Gasteiger partial charge in [0.15, 0.2) is 0 Å². The van der Waals surface area contributed by atoms with Crippen molar-refractivity contribution in [1.29, 1.82) is 0 Å². The molecular weight excluding hydrogens is 278 g/mol. The van der Waals surface area contributed by atoms with E-state index in [1.807, 2.05) is 11.8 Å². The van der Waals surface area contributed by atoms with Crippen LogP contribution in [-0.4, -0.2) is 77.7 Å². The topological polar surface area (TPSA) is 9.72 Å². The lowest BCUT2D eigenvalue weighted by Crippen LogP contribution is -2.53. The zero-order valence-electron chi connectivity index (χ0n) is 14.8. The first-order valence-corrected chi connectivity index (χ1v) is 9.93. The molecule has 0 aliphatic carbocycles. The summed E-state index contributed by atoms with van der Waals surface area (Å²) in [6.45, 7) is 18.3. The number of hydrogen-bond donors (Lipinski definition) is 0. The van der Waals surface area contributed by atoms with Crippen molar-refractivity contribution in [3.63, 3.8) is 0 Å². The molecule has 0 aromatic heterocycles. The summed E-state index contributed by atoms with van der Waals surface area (Å²) in [5, 5.41) is 0.679. The Labute approximate surface area is 136 Å². The van der Waals surface area contributed by atoms with E-state index in [-0.39, 0.29) is 0 Å². The first-order chi connectivity index (χ1) is 9.90. The number of piperazine rings is 1. The van der Waals surface area contributed by atoms with Gasteiger partial charge in [0, 0.05) is 44.8 Å². The van der Waals surface area contributed by atoms with Crippen LogP contribution in [0.15, 0.2) is 0 Å². The smallest absolute Gasteiger partial charge is 0.0526 e. The third-order valence-corrected chi connectivity index (χ3v) is 6.23. The Hall–Kier alpha value is 0.230. The summed E-state index contributed by atoms with van der Waals surface area (Å²) in [6.07, 6.45) is 5.03. The molecule has 21 heavy (non-hydrogen) atoms. The van der Waals surface area contributed by atoms with Crippen LogP contribution in [0.4, 0.5) is 0 Å². The van der Waals surface area contributed by atoms with Crippen molar-refractivity contribution in [2.24, 2.45) is 5.92 Å². The fourth-order valence-electron chi connectivity index (χ4n) is 3.65. The first kappa shape index (κ1) is 17.6. The van der Waals surface area contributed by atoms with Gasteiger partial charge in [0.2, 0.25) is 0 Å². The first-order valence-electron chi connectivity index (χ1n) is 8.64. The maximum atomic E-state index is 2.71. The summed E-state index contributed by atoms with van der Waals surface area (Å²) in [5.41, 5.74) is 0.338. The van der Waals surface area contributed by atoms with Gasteiger partial charge in [-0.15, -0.1) is 11.8 Å². The molecule has 2 heterocycles. The van der Waals surface area contributed by atoms with E-state index in [1.54, 1.807) is 0 Å². The lowest BCUT2D eigenvalue weighted by Gasteiger charge is -2.44. The fourth-order valence-corrected chi connectivity index (χ4v) is 4.16. The standard InChI is InChI=1S/C17H35N3S/c1-15(21-5)19-11-9-18(10-12-19)13-16-7-6-8-20(14-16)17(2,3)4/h15-16H,6-14H2,1-5H3/t15?,16-/m0/s1. The van der Waals surface area contributed by atoms with Crippen LogP contribution in [0.3, 0.4) is 0 Å². The van der Waals surface area contributed by atoms with E-state index < -0.39 is 0 Å². The van der Waals surface area contributed by atoms with Crippen molar-refractivity contribution in [2.75, 3.05) is 52.1 Å². The summed E-state index contributed by atoms with van der Waals surface area (Å²) in [7, 11) is 0. The average molecular weight is 314 g/mol. The second-order valence-electron chi connectivity index (χ2n) is 7.80. The normalized spacial score (nSPS) is 28.7. The molecule has 0 bridgehead atoms. The summed E-state index contributed by atoms with van der Waals surface area (Å²) in [6, 6.07) is 0. The number of rotatable bonds is 4. The lowest BCUT2D eigenvalue weighted by molar-refractivity contribution is 0.0502. The summed E-state index contributed by atoms with van der Waals surface area (Å²) in [4.78, 5) is 8.02. The fraction of sp³-hybridized carbons (Fsp3) is 1.00. The molecule has 3 nitrogen and oxygen atoms in total. The van der Waals surface area contributed by atoms with Gasteiger partial charge in [-0.25, -0.2) is 0 Å². The summed E-state index contributed by atoms with van der Waals surface area (Å²) >= 11 is 1.97. The molecular formula is C17H35N3S. The Morgan fingerprint density at radius 3 is 2.33 bits per heavy atom. The van der Waals surface area contributed by atoms with Crippen LogP contribution < -0.4 is 0 Å². The van der Waals surface area contributed by atoms with E-state index >= 15 is 0 Å². The number of thioether (sulfide) groups is 1. The minimum absolute atomic E-state index is 0.338. The van der Waals surface area contributed by atoms with Crippen LogP contribution >= 0.6 is 11.8 Å². The number of nitrogens with zero attached hydrogens (tertiary/aromatic N) is 3. The highest BCUT2D eigenvalue weighted by molar-refractivity contribution is 7.99. The predicted octanol–water partition coefficient (Wildman–Crippen LogP) is 2.82. The second-order valence-corrected chi connectivity index (χ2v) is 8.95. The van der Waals surface area contributed by atoms with Crippen molar-refractivity contribution in [2.45, 2.75) is 51.4 Å². The van der Waals surface area contributed by atoms with Crippen molar-refractivity contribution in [1.82, 2.24) is 14.7 Å². The van der Waals surface area contributed by atoms with E-state index in [2.05, 4.69) is 48.7 Å². The van der Waals surface area contributed by atoms with Crippen LogP contribution in [-0.2, 0) is 0 Å². The molecule has 0 N–H and O–H groups in total. The molecule has 0 aromatic carbocycles. The van der Waals surface area contributed by atoms with Gasteiger partial charge in [0.1, 0.15) is 0 Å². The highest BCUT2D eigenvalue weighted by Gasteiger charge is 2.29. The molecule has 2 atom stereocenters. The number of likely N-dealkylation sites (tertiary alicyclic amines) is 1. The molecule has 0 amide bonds. The van der Waals surface area contributed by atoms with Crippen LogP contribution in [0.5, 0.6) is 0 Å². The zero-order chi connectivity index (χ0) is 15.5. The average Bonchev–Trinajstić information content (AvgIpc) is 2.47. The van der Waals surface area contributed by atoms with Gasteiger partial charge < -0.3 is 4.90 Å². The second kappa shape index (κ2) is 7.67. The van der Waals surface area contributed by atoms with Crippen LogP contribution in [0.1, 0.15) is 40.5 Å². The van der Waals surface area contributed by atoms with E-state index in [1.165, 1.54) is 58.7 Å². The predicted molar refractivity (Wildman–Crippen MR) is 95.0 cm³/mol. The third kappa shape index (κ3) is 5.12. The van der Waals surface area contributed by atoms with Crippen molar-refractivity contribution < 1.29 is 0 Å². The van der Waals surface area contributed by atoms with Crippen LogP contribution in [0, 0.1) is 5.92 Å². The van der Waals surface area contributed by atoms with Crippen molar-refractivity contribution in [3.8, 4) is 0 Å². The summed E-state index contributed by atoms with van der Waals surface area (Å²) in [5.74, 6) is 0.877. The minimum Gasteiger partial charge on any atom is -0.300 e. The monoisotopic (exact) mass is 313 g/mol. The molecule has 2 aliphatic heterocycles. The molecule has 0 saturated carbocycles. The molecule has 2 saturated heterocycles. The highest BCUT2D eigenvalue weighted by Crippen LogP contribution is 2.25. The number of piperidine rings is 1. The Kier molecular flexibility index (Phi) is 6.42. The van der Waals surface area contributed by atoms with Gasteiger partial charge >= 0.3 is 0 Å². The largest absolute Gasteiger partial charge is 0.300 e. The maximum Gasteiger partial charge on any atom is 0.0526 e. The van der Waals surface area contributed by atoms with Crippen LogP contribution in [0.2, 0.25) is 0 Å². The summed E-state index contributed by atoms with van der Waals surface area (Å²) < 4.78 is 0. The van der Waals surface area contributed by atoms with E-state index in [9.17, 15) is 0 Å². The SMILES string of the molecule is CSC(C)N1CCN(C[C@@H]2CCCN(C(C)(C)C)C2)CC1. The highest BCUT2D eigenvalue weighted by atomic mass is 32.2. The Morgan fingerprint density at radius 2 is 1.76 bits per heavy atom. The van der Waals surface area contributed by atoms with Crippen molar-refractivity contribution in [3.05, 3.63) is 0 Å². The third-order valence-electron chi connectivity index (χ3n) is 5.25. The molecule has 2 aliphatic rings. The minimum atomic E-state index is 0.338. The molecule has 4 heteroatoms. The Morgan fingerprint density at radius 1 is 1.10 bits per heavy atom. The lowest BCUT2D eigenvalue weighted by atomic mass is 9.93.